The summed E-state index contributed by atoms with van der Waals surface area (Å²) >= 11 is 0. The third kappa shape index (κ3) is 3.61. The van der Waals surface area contributed by atoms with Gasteiger partial charge < -0.3 is 19.4 Å². The van der Waals surface area contributed by atoms with Gasteiger partial charge in [0, 0.05) is 13.0 Å². The predicted octanol–water partition coefficient (Wildman–Crippen LogP) is 2.49. The molecule has 2 aromatic rings. The van der Waals surface area contributed by atoms with E-state index in [1.807, 2.05) is 0 Å². The average Bonchev–Trinajstić information content (AvgIpc) is 3.16. The van der Waals surface area contributed by atoms with Crippen LogP contribution in [-0.4, -0.2) is 35.1 Å². The molecular formula is C16H18FN3O3. The van der Waals surface area contributed by atoms with Gasteiger partial charge in [0.05, 0.1) is 13.1 Å². The predicted molar refractivity (Wildman–Crippen MR) is 80.5 cm³/mol. The maximum atomic E-state index is 13.6. The van der Waals surface area contributed by atoms with E-state index in [1.54, 1.807) is 30.0 Å². The van der Waals surface area contributed by atoms with E-state index >= 15 is 0 Å². The normalized spacial score (nSPS) is 17.3. The summed E-state index contributed by atoms with van der Waals surface area (Å²) in [6.45, 7) is 3.11. The van der Waals surface area contributed by atoms with Gasteiger partial charge in [-0.2, -0.15) is 0 Å². The Morgan fingerprint density at radius 2 is 2.35 bits per heavy atom. The standard InChI is InChI=1S/C16H18FN3O3/c1-11-14(19-10-22-11)8-18-16(21)20-7-6-12(9-20)23-15-5-3-2-4-13(15)17/h2-5,10,12H,6-9H2,1H3,(H,18,21). The molecule has 3 rings (SSSR count). The summed E-state index contributed by atoms with van der Waals surface area (Å²) in [7, 11) is 0. The highest BCUT2D eigenvalue weighted by Gasteiger charge is 2.28. The molecule has 2 heterocycles. The van der Waals surface area contributed by atoms with Crippen LogP contribution in [0.2, 0.25) is 0 Å². The second-order valence-corrected chi connectivity index (χ2v) is 5.42. The van der Waals surface area contributed by atoms with Crippen molar-refractivity contribution in [2.75, 3.05) is 13.1 Å². The Kier molecular flexibility index (Phi) is 4.45. The Bertz CT molecular complexity index is 689. The number of nitrogens with zero attached hydrogens (tertiary/aromatic N) is 2. The van der Waals surface area contributed by atoms with Crippen molar-refractivity contribution in [1.29, 1.82) is 0 Å². The van der Waals surface area contributed by atoms with Crippen molar-refractivity contribution in [1.82, 2.24) is 15.2 Å². The molecule has 1 saturated heterocycles. The summed E-state index contributed by atoms with van der Waals surface area (Å²) in [5.74, 6) is 0.516. The largest absolute Gasteiger partial charge is 0.485 e. The number of benzene rings is 1. The number of hydrogen-bond donors (Lipinski definition) is 1. The first kappa shape index (κ1) is 15.3. The Morgan fingerprint density at radius 3 is 3.09 bits per heavy atom. The highest BCUT2D eigenvalue weighted by atomic mass is 19.1. The molecule has 0 radical (unpaired) electrons. The number of amides is 2. The molecule has 1 aromatic carbocycles. The van der Waals surface area contributed by atoms with Gasteiger partial charge in [-0.1, -0.05) is 12.1 Å². The van der Waals surface area contributed by atoms with Crippen molar-refractivity contribution in [3.63, 3.8) is 0 Å². The number of urea groups is 1. The number of aromatic nitrogens is 1. The van der Waals surface area contributed by atoms with Gasteiger partial charge >= 0.3 is 6.03 Å². The van der Waals surface area contributed by atoms with Crippen LogP contribution in [0.4, 0.5) is 9.18 Å². The Morgan fingerprint density at radius 1 is 1.52 bits per heavy atom. The van der Waals surface area contributed by atoms with Crippen molar-refractivity contribution in [2.24, 2.45) is 0 Å². The lowest BCUT2D eigenvalue weighted by Gasteiger charge is -2.18. The van der Waals surface area contributed by atoms with Crippen molar-refractivity contribution in [2.45, 2.75) is 26.0 Å². The van der Waals surface area contributed by atoms with Crippen molar-refractivity contribution < 1.29 is 18.3 Å². The van der Waals surface area contributed by atoms with Gasteiger partial charge in [0.1, 0.15) is 17.6 Å². The number of halogens is 1. The summed E-state index contributed by atoms with van der Waals surface area (Å²) in [6.07, 6.45) is 1.82. The molecule has 1 fully saturated rings. The SMILES string of the molecule is Cc1ocnc1CNC(=O)N1CCC(Oc2ccccc2F)C1. The highest BCUT2D eigenvalue weighted by molar-refractivity contribution is 5.74. The lowest BCUT2D eigenvalue weighted by molar-refractivity contribution is 0.183. The molecule has 6 nitrogen and oxygen atoms in total. The summed E-state index contributed by atoms with van der Waals surface area (Å²) in [4.78, 5) is 17.8. The van der Waals surface area contributed by atoms with Crippen LogP contribution in [0.25, 0.3) is 0 Å². The van der Waals surface area contributed by atoms with Crippen LogP contribution in [0.15, 0.2) is 35.1 Å². The Labute approximate surface area is 133 Å². The zero-order valence-electron chi connectivity index (χ0n) is 12.8. The number of rotatable bonds is 4. The van der Waals surface area contributed by atoms with Gasteiger partial charge in [-0.3, -0.25) is 0 Å². The second-order valence-electron chi connectivity index (χ2n) is 5.42. The lowest BCUT2D eigenvalue weighted by Crippen LogP contribution is -2.39. The van der Waals surface area contributed by atoms with Crippen LogP contribution < -0.4 is 10.1 Å². The van der Waals surface area contributed by atoms with Gasteiger partial charge in [-0.15, -0.1) is 0 Å². The fraction of sp³-hybridized carbons (Fsp3) is 0.375. The molecule has 0 spiro atoms. The van der Waals surface area contributed by atoms with E-state index in [2.05, 4.69) is 10.3 Å². The molecule has 0 bridgehead atoms. The molecule has 2 amide bonds. The minimum Gasteiger partial charge on any atom is -0.485 e. The molecule has 1 aliphatic heterocycles. The summed E-state index contributed by atoms with van der Waals surface area (Å²) in [5, 5.41) is 2.80. The van der Waals surface area contributed by atoms with Crippen LogP contribution in [0.5, 0.6) is 5.75 Å². The minimum atomic E-state index is -0.392. The smallest absolute Gasteiger partial charge is 0.317 e. The van der Waals surface area contributed by atoms with Crippen LogP contribution in [0.1, 0.15) is 17.9 Å². The molecule has 1 unspecified atom stereocenters. The molecule has 7 heteroatoms. The van der Waals surface area contributed by atoms with E-state index in [4.69, 9.17) is 9.15 Å². The summed E-state index contributed by atoms with van der Waals surface area (Å²) in [6, 6.07) is 6.09. The van der Waals surface area contributed by atoms with Gasteiger partial charge in [0.25, 0.3) is 0 Å². The molecule has 1 aromatic heterocycles. The number of oxazole rings is 1. The van der Waals surface area contributed by atoms with Gasteiger partial charge in [0.2, 0.25) is 0 Å². The first-order valence-electron chi connectivity index (χ1n) is 7.46. The van der Waals surface area contributed by atoms with E-state index in [-0.39, 0.29) is 17.9 Å². The van der Waals surface area contributed by atoms with E-state index in [9.17, 15) is 9.18 Å². The fourth-order valence-corrected chi connectivity index (χ4v) is 2.50. The zero-order valence-corrected chi connectivity index (χ0v) is 12.8. The molecule has 1 N–H and O–H groups in total. The molecule has 1 aliphatic rings. The van der Waals surface area contributed by atoms with Crippen molar-refractivity contribution in [3.05, 3.63) is 47.9 Å². The zero-order chi connectivity index (χ0) is 16.2. The lowest BCUT2D eigenvalue weighted by atomic mass is 10.3. The maximum absolute atomic E-state index is 13.6. The summed E-state index contributed by atoms with van der Waals surface area (Å²) in [5.41, 5.74) is 0.705. The van der Waals surface area contributed by atoms with Crippen molar-refractivity contribution >= 4 is 6.03 Å². The molecule has 122 valence electrons. The molecule has 0 aliphatic carbocycles. The highest BCUT2D eigenvalue weighted by Crippen LogP contribution is 2.21. The number of carbonyl (C=O) groups excluding carboxylic acids is 1. The van der Waals surface area contributed by atoms with Crippen LogP contribution >= 0.6 is 0 Å². The third-order valence-electron chi connectivity index (χ3n) is 3.81. The Balaban J connectivity index is 1.50. The first-order valence-corrected chi connectivity index (χ1v) is 7.46. The maximum Gasteiger partial charge on any atom is 0.317 e. The number of carbonyl (C=O) groups is 1. The van der Waals surface area contributed by atoms with E-state index in [1.165, 1.54) is 12.5 Å². The number of likely N-dealkylation sites (tertiary alicyclic amines) is 1. The van der Waals surface area contributed by atoms with E-state index < -0.39 is 5.82 Å². The van der Waals surface area contributed by atoms with Gasteiger partial charge in [-0.05, 0) is 19.1 Å². The monoisotopic (exact) mass is 319 g/mol. The number of para-hydroxylation sites is 1. The summed E-state index contributed by atoms with van der Waals surface area (Å²) < 4.78 is 24.3. The number of aryl methyl sites for hydroxylation is 1. The van der Waals surface area contributed by atoms with E-state index in [0.29, 0.717) is 37.5 Å². The van der Waals surface area contributed by atoms with Crippen molar-refractivity contribution in [3.8, 4) is 5.75 Å². The fourth-order valence-electron chi connectivity index (χ4n) is 2.50. The third-order valence-corrected chi connectivity index (χ3v) is 3.81. The van der Waals surface area contributed by atoms with Crippen LogP contribution in [-0.2, 0) is 6.54 Å². The molecule has 23 heavy (non-hydrogen) atoms. The van der Waals surface area contributed by atoms with E-state index in [0.717, 1.165) is 0 Å². The van der Waals surface area contributed by atoms with Gasteiger partial charge in [0.15, 0.2) is 18.0 Å². The van der Waals surface area contributed by atoms with Crippen LogP contribution in [0.3, 0.4) is 0 Å². The number of hydrogen-bond acceptors (Lipinski definition) is 4. The topological polar surface area (TPSA) is 67.6 Å². The van der Waals surface area contributed by atoms with Crippen LogP contribution in [0, 0.1) is 12.7 Å². The molecule has 0 saturated carbocycles. The first-order chi connectivity index (χ1) is 11.1. The number of ether oxygens (including phenoxy) is 1. The number of nitrogens with one attached hydrogen (secondary N) is 1. The Hall–Kier alpha value is -2.57. The minimum absolute atomic E-state index is 0.188. The molecule has 1 atom stereocenters. The quantitative estimate of drug-likeness (QED) is 0.940. The molecular weight excluding hydrogens is 301 g/mol. The second kappa shape index (κ2) is 6.68. The average molecular weight is 319 g/mol. The van der Waals surface area contributed by atoms with Gasteiger partial charge in [-0.25, -0.2) is 14.2 Å².